The van der Waals surface area contributed by atoms with Crippen LogP contribution >= 0.6 is 0 Å². The Morgan fingerprint density at radius 1 is 0.733 bits per heavy atom. The smallest absolute Gasteiger partial charge is 0.161 e. The molecule has 12 heteroatoms. The Morgan fingerprint density at radius 2 is 1.33 bits per heavy atom. The molecule has 12 N–H and O–H groups in total. The summed E-state index contributed by atoms with van der Waals surface area (Å²) in [6.07, 6.45) is -7.62. The van der Waals surface area contributed by atoms with E-state index < -0.39 is 67.4 Å². The zero-order valence-corrected chi connectivity index (χ0v) is 16.9. The summed E-state index contributed by atoms with van der Waals surface area (Å²) in [4.78, 5) is 0. The van der Waals surface area contributed by atoms with E-state index in [4.69, 9.17) is 41.9 Å². The van der Waals surface area contributed by atoms with Crippen molar-refractivity contribution in [3.05, 3.63) is 0 Å². The quantitative estimate of drug-likeness (QED) is 0.198. The van der Waals surface area contributed by atoms with Gasteiger partial charge in [0, 0.05) is 44.4 Å². The van der Waals surface area contributed by atoms with E-state index in [0.29, 0.717) is 12.8 Å². The highest BCUT2D eigenvalue weighted by Gasteiger charge is 2.47. The van der Waals surface area contributed by atoms with Gasteiger partial charge in [0.2, 0.25) is 0 Å². The SMILES string of the molecule is NCC1CC(O)C[C@@H](O[C@@H]2C(N)CC(N)[C@H](O[C@H]3CC(O)[C@@H](O)C(CN)O3)C2O)O1. The zero-order chi connectivity index (χ0) is 22.0. The number of aliphatic hydroxyl groups is 4. The third kappa shape index (κ3) is 5.46. The molecule has 0 bridgehead atoms. The number of ether oxygens (including phenoxy) is 4. The van der Waals surface area contributed by atoms with Crippen molar-refractivity contribution in [2.24, 2.45) is 22.9 Å². The third-order valence-electron chi connectivity index (χ3n) is 6.05. The van der Waals surface area contributed by atoms with Crippen LogP contribution in [-0.4, -0.2) is 107 Å². The van der Waals surface area contributed by atoms with Crippen molar-refractivity contribution in [2.75, 3.05) is 13.1 Å². The first-order chi connectivity index (χ1) is 14.2. The fourth-order valence-corrected chi connectivity index (χ4v) is 4.37. The van der Waals surface area contributed by atoms with Crippen LogP contribution in [0.4, 0.5) is 0 Å². The van der Waals surface area contributed by atoms with E-state index in [2.05, 4.69) is 0 Å². The van der Waals surface area contributed by atoms with Gasteiger partial charge in [-0.1, -0.05) is 0 Å². The summed E-state index contributed by atoms with van der Waals surface area (Å²) in [5, 5.41) is 40.9. The van der Waals surface area contributed by atoms with Crippen molar-refractivity contribution in [1.29, 1.82) is 0 Å². The second-order valence-electron chi connectivity index (χ2n) is 8.44. The molecule has 2 heterocycles. The Morgan fingerprint density at radius 3 is 1.90 bits per heavy atom. The van der Waals surface area contributed by atoms with Crippen LogP contribution in [0.2, 0.25) is 0 Å². The maximum absolute atomic E-state index is 10.9. The maximum Gasteiger partial charge on any atom is 0.161 e. The zero-order valence-electron chi connectivity index (χ0n) is 16.9. The van der Waals surface area contributed by atoms with E-state index in [9.17, 15) is 20.4 Å². The molecule has 0 amide bonds. The minimum atomic E-state index is -1.20. The summed E-state index contributed by atoms with van der Waals surface area (Å²) in [5.41, 5.74) is 23.6. The van der Waals surface area contributed by atoms with Crippen LogP contribution in [0.5, 0.6) is 0 Å². The van der Waals surface area contributed by atoms with Gasteiger partial charge in [-0.05, 0) is 6.42 Å². The molecular weight excluding hydrogens is 400 g/mol. The number of rotatable bonds is 6. The van der Waals surface area contributed by atoms with Crippen LogP contribution in [-0.2, 0) is 18.9 Å². The lowest BCUT2D eigenvalue weighted by molar-refractivity contribution is -0.296. The molecular formula is C18H36N4O8. The molecule has 0 spiro atoms. The van der Waals surface area contributed by atoms with E-state index in [1.165, 1.54) is 0 Å². The van der Waals surface area contributed by atoms with Crippen LogP contribution in [0.1, 0.15) is 25.7 Å². The van der Waals surface area contributed by atoms with E-state index >= 15 is 0 Å². The monoisotopic (exact) mass is 436 g/mol. The van der Waals surface area contributed by atoms with Crippen LogP contribution in [0, 0.1) is 0 Å². The number of nitrogens with two attached hydrogens (primary N) is 4. The molecule has 1 aliphatic carbocycles. The van der Waals surface area contributed by atoms with Gasteiger partial charge in [0.1, 0.15) is 30.5 Å². The van der Waals surface area contributed by atoms with E-state index in [1.54, 1.807) is 0 Å². The first kappa shape index (κ1) is 24.2. The fraction of sp³-hybridized carbons (Fsp3) is 1.00. The average molecular weight is 437 g/mol. The van der Waals surface area contributed by atoms with Gasteiger partial charge in [-0.3, -0.25) is 0 Å². The molecule has 2 aliphatic heterocycles. The molecule has 3 fully saturated rings. The average Bonchev–Trinajstić information content (AvgIpc) is 2.70. The summed E-state index contributed by atoms with van der Waals surface area (Å²) in [7, 11) is 0. The predicted octanol–water partition coefficient (Wildman–Crippen LogP) is -4.20. The molecule has 2 saturated heterocycles. The first-order valence-electron chi connectivity index (χ1n) is 10.5. The van der Waals surface area contributed by atoms with Gasteiger partial charge < -0.3 is 62.3 Å². The normalized spacial score (nSPS) is 50.4. The van der Waals surface area contributed by atoms with Crippen LogP contribution in [0.15, 0.2) is 0 Å². The number of hydrogen-bond acceptors (Lipinski definition) is 12. The Kier molecular flexibility index (Phi) is 8.40. The summed E-state index contributed by atoms with van der Waals surface area (Å²) in [5.74, 6) is 0. The minimum Gasteiger partial charge on any atom is -0.393 e. The van der Waals surface area contributed by atoms with E-state index in [1.807, 2.05) is 0 Å². The van der Waals surface area contributed by atoms with Crippen molar-refractivity contribution in [3.8, 4) is 0 Å². The van der Waals surface area contributed by atoms with E-state index in [-0.39, 0.29) is 32.0 Å². The Balaban J connectivity index is 1.64. The topological polar surface area (TPSA) is 222 Å². The standard InChI is InChI=1S/C18H36N4O8/c19-5-8-1-7(23)2-13(27-8)29-17-9(21)3-10(22)18(16(17)26)30-14-4-11(24)15(25)12(6-20)28-14/h7-18,23-26H,1-6,19-22H2/t7?,8?,9?,10?,11?,12?,13-,14+,15-,16?,17-,18+/m1/s1. The largest absolute Gasteiger partial charge is 0.393 e. The van der Waals surface area contributed by atoms with Crippen molar-refractivity contribution >= 4 is 0 Å². The van der Waals surface area contributed by atoms with Gasteiger partial charge in [0.25, 0.3) is 0 Å². The summed E-state index contributed by atoms with van der Waals surface area (Å²) < 4.78 is 23.1. The lowest BCUT2D eigenvalue weighted by atomic mass is 9.84. The highest BCUT2D eigenvalue weighted by atomic mass is 16.7. The van der Waals surface area contributed by atoms with Gasteiger partial charge in [-0.2, -0.15) is 0 Å². The van der Waals surface area contributed by atoms with Gasteiger partial charge in [-0.25, -0.2) is 0 Å². The maximum atomic E-state index is 10.9. The molecule has 0 aromatic rings. The Bertz CT molecular complexity index is 548. The fourth-order valence-electron chi connectivity index (χ4n) is 4.37. The molecule has 12 atom stereocenters. The molecule has 1 saturated carbocycles. The van der Waals surface area contributed by atoms with Crippen molar-refractivity contribution in [2.45, 2.75) is 99.2 Å². The van der Waals surface area contributed by atoms with Crippen molar-refractivity contribution in [1.82, 2.24) is 0 Å². The second-order valence-corrected chi connectivity index (χ2v) is 8.44. The highest BCUT2D eigenvalue weighted by Crippen LogP contribution is 2.30. The summed E-state index contributed by atoms with van der Waals surface area (Å²) >= 11 is 0. The van der Waals surface area contributed by atoms with Gasteiger partial charge in [-0.15, -0.1) is 0 Å². The van der Waals surface area contributed by atoms with Gasteiger partial charge in [0.15, 0.2) is 12.6 Å². The number of aliphatic hydroxyl groups excluding tert-OH is 4. The molecule has 176 valence electrons. The highest BCUT2D eigenvalue weighted by molar-refractivity contribution is 4.99. The van der Waals surface area contributed by atoms with Crippen LogP contribution in [0.25, 0.3) is 0 Å². The Hall–Kier alpha value is -0.480. The molecule has 3 rings (SSSR count). The van der Waals surface area contributed by atoms with Gasteiger partial charge >= 0.3 is 0 Å². The number of hydrogen-bond donors (Lipinski definition) is 8. The molecule has 30 heavy (non-hydrogen) atoms. The molecule has 0 radical (unpaired) electrons. The lowest BCUT2D eigenvalue weighted by Gasteiger charge is -2.46. The Labute approximate surface area is 175 Å². The predicted molar refractivity (Wildman–Crippen MR) is 104 cm³/mol. The van der Waals surface area contributed by atoms with E-state index in [0.717, 1.165) is 0 Å². The molecule has 0 aromatic carbocycles. The van der Waals surface area contributed by atoms with Crippen LogP contribution < -0.4 is 22.9 Å². The van der Waals surface area contributed by atoms with Crippen molar-refractivity contribution in [3.63, 3.8) is 0 Å². The van der Waals surface area contributed by atoms with Crippen LogP contribution in [0.3, 0.4) is 0 Å². The third-order valence-corrected chi connectivity index (χ3v) is 6.05. The van der Waals surface area contributed by atoms with Gasteiger partial charge in [0.05, 0.1) is 18.3 Å². The molecule has 0 aromatic heterocycles. The molecule has 7 unspecified atom stereocenters. The first-order valence-corrected chi connectivity index (χ1v) is 10.5. The molecule has 12 nitrogen and oxygen atoms in total. The summed E-state index contributed by atoms with van der Waals surface area (Å²) in [6, 6.07) is -1.18. The summed E-state index contributed by atoms with van der Waals surface area (Å²) in [6.45, 7) is 0.236. The second kappa shape index (κ2) is 10.4. The molecule has 3 aliphatic rings. The van der Waals surface area contributed by atoms with Crippen molar-refractivity contribution < 1.29 is 39.4 Å². The minimum absolute atomic E-state index is 0.00128. The lowest BCUT2D eigenvalue weighted by Crippen LogP contribution is -2.65.